The lowest BCUT2D eigenvalue weighted by molar-refractivity contribution is 0.111. The van der Waals surface area contributed by atoms with E-state index in [1.807, 2.05) is 23.2 Å². The van der Waals surface area contributed by atoms with Crippen LogP contribution in [0, 0.1) is 5.92 Å². The molecule has 9 heteroatoms. The maximum atomic E-state index is 14.1. The van der Waals surface area contributed by atoms with Crippen LogP contribution in [0.25, 0.3) is 21.8 Å². The molecule has 2 saturated carbocycles. The van der Waals surface area contributed by atoms with E-state index in [0.717, 1.165) is 73.8 Å². The number of nitrogens with one attached hydrogen (secondary N) is 1. The average Bonchev–Trinajstić information content (AvgIpc) is 3.83. The van der Waals surface area contributed by atoms with E-state index in [2.05, 4.69) is 55.4 Å². The van der Waals surface area contributed by atoms with Crippen molar-refractivity contribution in [3.05, 3.63) is 64.8 Å². The molecule has 4 heterocycles. The molecule has 0 unspecified atom stereocenters. The van der Waals surface area contributed by atoms with Crippen LogP contribution in [0.15, 0.2) is 53.7 Å². The number of fused-ring (bicyclic) bond motifs is 3. The van der Waals surface area contributed by atoms with Gasteiger partial charge in [0.2, 0.25) is 5.95 Å². The monoisotopic (exact) mass is 539 g/mol. The summed E-state index contributed by atoms with van der Waals surface area (Å²) in [5.41, 5.74) is 3.08. The van der Waals surface area contributed by atoms with Gasteiger partial charge in [-0.25, -0.2) is 4.98 Å². The Balaban J connectivity index is 1.19. The van der Waals surface area contributed by atoms with Gasteiger partial charge in [-0.2, -0.15) is 4.98 Å². The zero-order chi connectivity index (χ0) is 27.1. The van der Waals surface area contributed by atoms with E-state index < -0.39 is 0 Å². The fraction of sp³-hybridized carbons (Fsp3) is 0.484. The first-order valence-corrected chi connectivity index (χ1v) is 14.8. The highest BCUT2D eigenvalue weighted by Crippen LogP contribution is 2.33. The minimum atomic E-state index is -0.283. The maximum absolute atomic E-state index is 14.1. The number of nitrogens with zero attached hydrogens (tertiary/aromatic N) is 6. The summed E-state index contributed by atoms with van der Waals surface area (Å²) < 4.78 is 1.91. The van der Waals surface area contributed by atoms with Crippen molar-refractivity contribution in [2.75, 3.05) is 42.9 Å². The number of anilines is 2. The number of aliphatic hydroxyl groups excluding tert-OH is 1. The Morgan fingerprint density at radius 3 is 2.42 bits per heavy atom. The van der Waals surface area contributed by atoms with Crippen LogP contribution in [0.1, 0.15) is 50.1 Å². The Kier molecular flexibility index (Phi) is 6.85. The SMILES string of the molecule is O=c1c2cc(CN3CCN(c4ccncc4)CC3)ccc2c2cnc(NCC3CC3)nc2n1[C@H]1CC[C@H](O)CC1. The summed E-state index contributed by atoms with van der Waals surface area (Å²) in [5, 5.41) is 16.1. The fourth-order valence-corrected chi connectivity index (χ4v) is 6.35. The summed E-state index contributed by atoms with van der Waals surface area (Å²) in [5.74, 6) is 1.29. The van der Waals surface area contributed by atoms with Gasteiger partial charge in [-0.1, -0.05) is 12.1 Å². The summed E-state index contributed by atoms with van der Waals surface area (Å²) >= 11 is 0. The molecule has 7 rings (SSSR count). The van der Waals surface area contributed by atoms with Crippen LogP contribution >= 0.6 is 0 Å². The lowest BCUT2D eigenvalue weighted by atomic mass is 9.92. The number of hydrogen-bond donors (Lipinski definition) is 2. The number of hydrogen-bond acceptors (Lipinski definition) is 8. The van der Waals surface area contributed by atoms with Crippen molar-refractivity contribution < 1.29 is 5.11 Å². The predicted octanol–water partition coefficient (Wildman–Crippen LogP) is 3.96. The van der Waals surface area contributed by atoms with Gasteiger partial charge in [0.1, 0.15) is 5.65 Å². The highest BCUT2D eigenvalue weighted by atomic mass is 16.3. The molecule has 2 aliphatic carbocycles. The molecule has 208 valence electrons. The molecule has 9 nitrogen and oxygen atoms in total. The number of pyridine rings is 2. The largest absolute Gasteiger partial charge is 0.393 e. The zero-order valence-corrected chi connectivity index (χ0v) is 22.9. The van der Waals surface area contributed by atoms with E-state index in [0.29, 0.717) is 30.4 Å². The topological polar surface area (TPSA) is 99.4 Å². The lowest BCUT2D eigenvalue weighted by Crippen LogP contribution is -2.45. The first-order chi connectivity index (χ1) is 19.6. The minimum absolute atomic E-state index is 0.0140. The van der Waals surface area contributed by atoms with E-state index in [-0.39, 0.29) is 17.7 Å². The van der Waals surface area contributed by atoms with Gasteiger partial charge in [0.15, 0.2) is 0 Å². The van der Waals surface area contributed by atoms with Crippen LogP contribution in [0.4, 0.5) is 11.6 Å². The molecule has 0 atom stereocenters. The molecule has 0 radical (unpaired) electrons. The molecule has 3 aliphatic rings. The molecule has 0 amide bonds. The van der Waals surface area contributed by atoms with E-state index >= 15 is 0 Å². The summed E-state index contributed by atoms with van der Waals surface area (Å²) in [6.07, 6.45) is 10.8. The summed E-state index contributed by atoms with van der Waals surface area (Å²) in [6, 6.07) is 10.5. The molecular formula is C31H37N7O2. The summed E-state index contributed by atoms with van der Waals surface area (Å²) in [4.78, 5) is 32.7. The van der Waals surface area contributed by atoms with Crippen LogP contribution < -0.4 is 15.8 Å². The third-order valence-electron chi connectivity index (χ3n) is 8.90. The van der Waals surface area contributed by atoms with Crippen molar-refractivity contribution in [2.24, 2.45) is 5.92 Å². The third kappa shape index (κ3) is 5.15. The maximum Gasteiger partial charge on any atom is 0.260 e. The van der Waals surface area contributed by atoms with Crippen molar-refractivity contribution in [1.29, 1.82) is 0 Å². The van der Waals surface area contributed by atoms with Crippen LogP contribution in [0.5, 0.6) is 0 Å². The molecule has 1 saturated heterocycles. The Morgan fingerprint density at radius 2 is 1.68 bits per heavy atom. The van der Waals surface area contributed by atoms with E-state index in [9.17, 15) is 9.90 Å². The molecule has 0 spiro atoms. The van der Waals surface area contributed by atoms with Gasteiger partial charge in [-0.15, -0.1) is 0 Å². The molecule has 4 aromatic rings. The standard InChI is InChI=1S/C31H37N7O2/c39-25-6-4-24(5-7-25)38-29-28(19-34-31(35-29)33-18-21-1-2-21)26-8-3-22(17-27(26)30(38)40)20-36-13-15-37(16-14-36)23-9-11-32-12-10-23/h3,8-12,17,19,21,24-25,39H,1-2,4-7,13-16,18,20H2,(H,33,34,35)/t24-,25-. The Labute approximate surface area is 233 Å². The molecule has 1 aliphatic heterocycles. The van der Waals surface area contributed by atoms with Crippen molar-refractivity contribution in [3.63, 3.8) is 0 Å². The zero-order valence-electron chi connectivity index (χ0n) is 22.9. The second-order valence-electron chi connectivity index (χ2n) is 11.7. The van der Waals surface area contributed by atoms with Gasteiger partial charge in [0.25, 0.3) is 5.56 Å². The van der Waals surface area contributed by atoms with E-state index in [4.69, 9.17) is 4.98 Å². The highest BCUT2D eigenvalue weighted by Gasteiger charge is 2.26. The molecule has 40 heavy (non-hydrogen) atoms. The van der Waals surface area contributed by atoms with Gasteiger partial charge in [-0.05, 0) is 73.6 Å². The average molecular weight is 540 g/mol. The second-order valence-corrected chi connectivity index (χ2v) is 11.7. The molecular weight excluding hydrogens is 502 g/mol. The van der Waals surface area contributed by atoms with Crippen molar-refractivity contribution in [3.8, 4) is 0 Å². The van der Waals surface area contributed by atoms with Gasteiger partial charge in [0.05, 0.1) is 6.10 Å². The minimum Gasteiger partial charge on any atom is -0.393 e. The van der Waals surface area contributed by atoms with Gasteiger partial charge < -0.3 is 15.3 Å². The van der Waals surface area contributed by atoms with Crippen molar-refractivity contribution in [1.82, 2.24) is 24.4 Å². The van der Waals surface area contributed by atoms with Crippen LogP contribution in [0.2, 0.25) is 0 Å². The van der Waals surface area contributed by atoms with Gasteiger partial charge >= 0.3 is 0 Å². The van der Waals surface area contributed by atoms with Crippen LogP contribution in [0.3, 0.4) is 0 Å². The van der Waals surface area contributed by atoms with Crippen molar-refractivity contribution in [2.45, 2.75) is 57.2 Å². The molecule has 3 aromatic heterocycles. The number of aliphatic hydroxyl groups is 1. The molecule has 3 fully saturated rings. The number of benzene rings is 1. The molecule has 1 aromatic carbocycles. The molecule has 0 bridgehead atoms. The summed E-state index contributed by atoms with van der Waals surface area (Å²) in [7, 11) is 0. The van der Waals surface area contributed by atoms with Crippen LogP contribution in [-0.2, 0) is 6.54 Å². The van der Waals surface area contributed by atoms with E-state index in [1.54, 1.807) is 0 Å². The van der Waals surface area contributed by atoms with Crippen LogP contribution in [-0.4, -0.2) is 68.4 Å². The normalized spacial score (nSPS) is 22.2. The quantitative estimate of drug-likeness (QED) is 0.341. The molecule has 2 N–H and O–H groups in total. The Bertz CT molecular complexity index is 1550. The lowest BCUT2D eigenvalue weighted by Gasteiger charge is -2.36. The number of rotatable bonds is 7. The Hall–Kier alpha value is -3.56. The third-order valence-corrected chi connectivity index (χ3v) is 8.90. The summed E-state index contributed by atoms with van der Waals surface area (Å²) in [6.45, 7) is 5.56. The van der Waals surface area contributed by atoms with Gasteiger partial charge in [-0.3, -0.25) is 19.2 Å². The first-order valence-electron chi connectivity index (χ1n) is 14.8. The highest BCUT2D eigenvalue weighted by molar-refractivity contribution is 6.04. The number of aromatic nitrogens is 4. The van der Waals surface area contributed by atoms with Gasteiger partial charge in [0, 0.05) is 80.4 Å². The number of piperazine rings is 1. The second kappa shape index (κ2) is 10.8. The Morgan fingerprint density at radius 1 is 0.900 bits per heavy atom. The van der Waals surface area contributed by atoms with Crippen molar-refractivity contribution >= 4 is 33.4 Å². The fourth-order valence-electron chi connectivity index (χ4n) is 6.35. The predicted molar refractivity (Wildman–Crippen MR) is 158 cm³/mol. The smallest absolute Gasteiger partial charge is 0.260 e. The first kappa shape index (κ1) is 25.4. The van der Waals surface area contributed by atoms with E-state index in [1.165, 1.54) is 18.5 Å².